The molecule has 0 amide bonds. The molecule has 4 atom stereocenters. The van der Waals surface area contributed by atoms with Crippen molar-refractivity contribution in [1.29, 1.82) is 0 Å². The topological polar surface area (TPSA) is 20.2 Å². The van der Waals surface area contributed by atoms with Crippen molar-refractivity contribution < 1.29 is 5.11 Å². The number of hydrogen-bond acceptors (Lipinski definition) is 1. The Morgan fingerprint density at radius 1 is 1.23 bits per heavy atom. The molecule has 1 saturated carbocycles. The highest BCUT2D eigenvalue weighted by Crippen LogP contribution is 2.34. The van der Waals surface area contributed by atoms with Gasteiger partial charge in [-0.1, -0.05) is 25.5 Å². The van der Waals surface area contributed by atoms with Crippen molar-refractivity contribution in [1.82, 2.24) is 0 Å². The molecule has 76 valence electrons. The van der Waals surface area contributed by atoms with Gasteiger partial charge >= 0.3 is 0 Å². The van der Waals surface area contributed by atoms with Crippen LogP contribution in [0.4, 0.5) is 0 Å². The number of aliphatic hydroxyl groups excluding tert-OH is 1. The minimum absolute atomic E-state index is 0.0932. The SMILES string of the molecule is CC(C)=CC1CC(C)C(C)C(O)C1. The Morgan fingerprint density at radius 2 is 1.85 bits per heavy atom. The van der Waals surface area contributed by atoms with Gasteiger partial charge in [0.05, 0.1) is 6.10 Å². The van der Waals surface area contributed by atoms with E-state index in [4.69, 9.17) is 0 Å². The molecule has 1 aliphatic carbocycles. The van der Waals surface area contributed by atoms with Crippen molar-refractivity contribution in [2.24, 2.45) is 17.8 Å². The van der Waals surface area contributed by atoms with Crippen LogP contribution >= 0.6 is 0 Å². The first kappa shape index (κ1) is 10.8. The van der Waals surface area contributed by atoms with Gasteiger partial charge in [-0.25, -0.2) is 0 Å². The molecule has 0 heterocycles. The highest BCUT2D eigenvalue weighted by Gasteiger charge is 2.30. The zero-order valence-electron chi connectivity index (χ0n) is 9.25. The quantitative estimate of drug-likeness (QED) is 0.618. The first-order valence-corrected chi connectivity index (χ1v) is 5.33. The smallest absolute Gasteiger partial charge is 0.0573 e. The predicted molar refractivity (Wildman–Crippen MR) is 56.5 cm³/mol. The van der Waals surface area contributed by atoms with E-state index in [2.05, 4.69) is 33.8 Å². The zero-order valence-corrected chi connectivity index (χ0v) is 9.25. The molecular formula is C12H22O. The van der Waals surface area contributed by atoms with E-state index >= 15 is 0 Å². The summed E-state index contributed by atoms with van der Waals surface area (Å²) in [6.07, 6.45) is 4.41. The fraction of sp³-hybridized carbons (Fsp3) is 0.833. The Hall–Kier alpha value is -0.300. The van der Waals surface area contributed by atoms with Gasteiger partial charge in [0.25, 0.3) is 0 Å². The highest BCUT2D eigenvalue weighted by molar-refractivity contribution is 5.00. The van der Waals surface area contributed by atoms with Gasteiger partial charge in [0.1, 0.15) is 0 Å². The second-order valence-corrected chi connectivity index (χ2v) is 4.88. The van der Waals surface area contributed by atoms with Gasteiger partial charge in [-0.3, -0.25) is 0 Å². The molecule has 0 spiro atoms. The van der Waals surface area contributed by atoms with Crippen molar-refractivity contribution in [2.75, 3.05) is 0 Å². The van der Waals surface area contributed by atoms with E-state index in [-0.39, 0.29) is 6.10 Å². The minimum Gasteiger partial charge on any atom is -0.393 e. The normalized spacial score (nSPS) is 40.1. The van der Waals surface area contributed by atoms with Gasteiger partial charge in [0, 0.05) is 0 Å². The Balaban J connectivity index is 2.58. The van der Waals surface area contributed by atoms with Crippen molar-refractivity contribution in [3.63, 3.8) is 0 Å². The Labute approximate surface area is 81.9 Å². The summed E-state index contributed by atoms with van der Waals surface area (Å²) in [5.41, 5.74) is 1.37. The van der Waals surface area contributed by atoms with Gasteiger partial charge in [-0.05, 0) is 44.4 Å². The Kier molecular flexibility index (Phi) is 3.55. The maximum Gasteiger partial charge on any atom is 0.0573 e. The van der Waals surface area contributed by atoms with Crippen LogP contribution in [-0.4, -0.2) is 11.2 Å². The molecule has 0 saturated heterocycles. The third-order valence-electron chi connectivity index (χ3n) is 3.29. The predicted octanol–water partition coefficient (Wildman–Crippen LogP) is 3.00. The second kappa shape index (κ2) is 4.28. The Morgan fingerprint density at radius 3 is 2.31 bits per heavy atom. The Bertz CT molecular complexity index is 179. The summed E-state index contributed by atoms with van der Waals surface area (Å²) in [7, 11) is 0. The van der Waals surface area contributed by atoms with Crippen molar-refractivity contribution in [3.8, 4) is 0 Å². The number of aliphatic hydroxyl groups is 1. The lowest BCUT2D eigenvalue weighted by Gasteiger charge is -2.35. The van der Waals surface area contributed by atoms with Crippen molar-refractivity contribution in [3.05, 3.63) is 11.6 Å². The average molecular weight is 182 g/mol. The van der Waals surface area contributed by atoms with Gasteiger partial charge in [-0.2, -0.15) is 0 Å². The fourth-order valence-corrected chi connectivity index (χ4v) is 2.30. The number of allylic oxidation sites excluding steroid dienone is 2. The van der Waals surface area contributed by atoms with Crippen LogP contribution in [0, 0.1) is 17.8 Å². The molecule has 1 aliphatic rings. The summed E-state index contributed by atoms with van der Waals surface area (Å²) in [5, 5.41) is 9.80. The molecule has 0 bridgehead atoms. The largest absolute Gasteiger partial charge is 0.393 e. The molecule has 1 fully saturated rings. The molecule has 1 rings (SSSR count). The van der Waals surface area contributed by atoms with Crippen LogP contribution in [0.15, 0.2) is 11.6 Å². The van der Waals surface area contributed by atoms with Gasteiger partial charge in [0.15, 0.2) is 0 Å². The molecule has 13 heavy (non-hydrogen) atoms. The minimum atomic E-state index is -0.0932. The fourth-order valence-electron chi connectivity index (χ4n) is 2.30. The van der Waals surface area contributed by atoms with E-state index in [0.29, 0.717) is 17.8 Å². The van der Waals surface area contributed by atoms with Gasteiger partial charge < -0.3 is 5.11 Å². The van der Waals surface area contributed by atoms with Crippen LogP contribution in [0.5, 0.6) is 0 Å². The first-order valence-electron chi connectivity index (χ1n) is 5.33. The lowest BCUT2D eigenvalue weighted by Crippen LogP contribution is -2.32. The molecule has 1 nitrogen and oxygen atoms in total. The maximum atomic E-state index is 9.80. The van der Waals surface area contributed by atoms with Crippen molar-refractivity contribution in [2.45, 2.75) is 46.6 Å². The van der Waals surface area contributed by atoms with Crippen LogP contribution in [0.2, 0.25) is 0 Å². The van der Waals surface area contributed by atoms with E-state index in [1.54, 1.807) is 0 Å². The molecule has 0 aromatic rings. The van der Waals surface area contributed by atoms with Crippen LogP contribution in [0.25, 0.3) is 0 Å². The van der Waals surface area contributed by atoms with E-state index in [1.807, 2.05) is 0 Å². The number of hydrogen-bond donors (Lipinski definition) is 1. The number of rotatable bonds is 1. The van der Waals surface area contributed by atoms with Crippen LogP contribution in [0.1, 0.15) is 40.5 Å². The highest BCUT2D eigenvalue weighted by atomic mass is 16.3. The van der Waals surface area contributed by atoms with Crippen LogP contribution in [0.3, 0.4) is 0 Å². The maximum absolute atomic E-state index is 9.80. The molecule has 1 heteroatoms. The summed E-state index contributed by atoms with van der Waals surface area (Å²) in [6, 6.07) is 0. The first-order chi connectivity index (χ1) is 6.00. The van der Waals surface area contributed by atoms with Crippen molar-refractivity contribution >= 4 is 0 Å². The van der Waals surface area contributed by atoms with E-state index in [1.165, 1.54) is 12.0 Å². The third kappa shape index (κ3) is 2.84. The summed E-state index contributed by atoms with van der Waals surface area (Å²) in [4.78, 5) is 0. The van der Waals surface area contributed by atoms with Crippen LogP contribution < -0.4 is 0 Å². The molecular weight excluding hydrogens is 160 g/mol. The molecule has 4 unspecified atom stereocenters. The monoisotopic (exact) mass is 182 g/mol. The molecule has 1 N–H and O–H groups in total. The molecule has 0 aromatic heterocycles. The van der Waals surface area contributed by atoms with Gasteiger partial charge in [-0.15, -0.1) is 0 Å². The average Bonchev–Trinajstić information content (AvgIpc) is 1.98. The molecule has 0 aromatic carbocycles. The van der Waals surface area contributed by atoms with E-state index in [0.717, 1.165) is 6.42 Å². The standard InChI is InChI=1S/C12H22O/c1-8(2)5-11-6-9(3)10(4)12(13)7-11/h5,9-13H,6-7H2,1-4H3. The van der Waals surface area contributed by atoms with E-state index in [9.17, 15) is 5.11 Å². The summed E-state index contributed by atoms with van der Waals surface area (Å²) in [6.45, 7) is 8.68. The summed E-state index contributed by atoms with van der Waals surface area (Å²) in [5.74, 6) is 1.73. The zero-order chi connectivity index (χ0) is 10.0. The lowest BCUT2D eigenvalue weighted by molar-refractivity contribution is 0.0319. The molecule has 0 radical (unpaired) electrons. The van der Waals surface area contributed by atoms with E-state index < -0.39 is 0 Å². The van der Waals surface area contributed by atoms with Crippen LogP contribution in [-0.2, 0) is 0 Å². The summed E-state index contributed by atoms with van der Waals surface area (Å²) < 4.78 is 0. The second-order valence-electron chi connectivity index (χ2n) is 4.88. The lowest BCUT2D eigenvalue weighted by atomic mass is 9.73. The third-order valence-corrected chi connectivity index (χ3v) is 3.29. The molecule has 0 aliphatic heterocycles. The van der Waals surface area contributed by atoms with Gasteiger partial charge in [0.2, 0.25) is 0 Å². The summed E-state index contributed by atoms with van der Waals surface area (Å²) >= 11 is 0.